The fourth-order valence-electron chi connectivity index (χ4n) is 3.67. The Morgan fingerprint density at radius 2 is 1.93 bits per heavy atom. The first kappa shape index (κ1) is 22.1. The van der Waals surface area contributed by atoms with Crippen molar-refractivity contribution < 1.29 is 5.11 Å². The molecule has 0 aliphatic carbocycles. The first-order valence-corrected chi connectivity index (χ1v) is 10.3. The second-order valence-electron chi connectivity index (χ2n) is 7.68. The topological polar surface area (TPSA) is 58.0 Å². The molecule has 2 aromatic rings. The van der Waals surface area contributed by atoms with E-state index in [1.807, 2.05) is 7.05 Å². The molecule has 2 rings (SSSR count). The number of nitrogens with one attached hydrogen (secondary N) is 1. The number of nitrogens with zero attached hydrogens (tertiary/aromatic N) is 2. The van der Waals surface area contributed by atoms with Gasteiger partial charge < -0.3 is 10.4 Å². The number of pyridine rings is 2. The smallest absolute Gasteiger partial charge is 0.135 e. The summed E-state index contributed by atoms with van der Waals surface area (Å²) in [5, 5.41) is 12.6. The lowest BCUT2D eigenvalue weighted by atomic mass is 9.88. The zero-order chi connectivity index (χ0) is 20.8. The Morgan fingerprint density at radius 3 is 2.46 bits per heavy atom. The summed E-state index contributed by atoms with van der Waals surface area (Å²) in [6.45, 7) is 13.0. The van der Waals surface area contributed by atoms with E-state index in [4.69, 9.17) is 9.97 Å². The molecule has 4 heteroatoms. The monoisotopic (exact) mass is 381 g/mol. The third kappa shape index (κ3) is 4.61. The number of rotatable bonds is 8. The molecule has 4 nitrogen and oxygen atoms in total. The van der Waals surface area contributed by atoms with Gasteiger partial charge in [-0.2, -0.15) is 0 Å². The summed E-state index contributed by atoms with van der Waals surface area (Å²) in [4.78, 5) is 9.83. The molecule has 2 heterocycles. The lowest BCUT2D eigenvalue weighted by Gasteiger charge is -2.20. The van der Waals surface area contributed by atoms with Crippen LogP contribution in [0.15, 0.2) is 24.3 Å². The standard InChI is InChI=1S/C24H35N3O/c1-8-18-14-21(19(9-2)16(5)12-13-28)17(6)26-23(18)20-10-11-22(15(3)4)27-24(20)25-7/h9-11,14-16,28H,8,12-13H2,1-7H3,(H,25,27)/b19-9-/t16-/m1/s1. The maximum absolute atomic E-state index is 9.35. The van der Waals surface area contributed by atoms with Gasteiger partial charge in [0.1, 0.15) is 5.82 Å². The molecule has 1 atom stereocenters. The highest BCUT2D eigenvalue weighted by Crippen LogP contribution is 2.34. The van der Waals surface area contributed by atoms with Crippen LogP contribution in [0.3, 0.4) is 0 Å². The molecule has 2 aromatic heterocycles. The van der Waals surface area contributed by atoms with Crippen LogP contribution in [0.4, 0.5) is 5.82 Å². The Bertz CT molecular complexity index is 840. The third-order valence-corrected chi connectivity index (χ3v) is 5.39. The zero-order valence-electron chi connectivity index (χ0n) is 18.4. The van der Waals surface area contributed by atoms with Crippen molar-refractivity contribution in [2.75, 3.05) is 19.0 Å². The molecule has 0 spiro atoms. The summed E-state index contributed by atoms with van der Waals surface area (Å²) >= 11 is 0. The highest BCUT2D eigenvalue weighted by atomic mass is 16.3. The molecular formula is C24H35N3O. The Kier molecular flexibility index (Phi) is 7.76. The van der Waals surface area contributed by atoms with Crippen LogP contribution >= 0.6 is 0 Å². The maximum Gasteiger partial charge on any atom is 0.135 e. The van der Waals surface area contributed by atoms with Gasteiger partial charge in [0.25, 0.3) is 0 Å². The highest BCUT2D eigenvalue weighted by Gasteiger charge is 2.19. The molecule has 28 heavy (non-hydrogen) atoms. The van der Waals surface area contributed by atoms with E-state index in [1.54, 1.807) is 0 Å². The van der Waals surface area contributed by atoms with E-state index in [9.17, 15) is 5.11 Å². The van der Waals surface area contributed by atoms with E-state index >= 15 is 0 Å². The van der Waals surface area contributed by atoms with Crippen molar-refractivity contribution in [2.24, 2.45) is 5.92 Å². The van der Waals surface area contributed by atoms with Crippen LogP contribution in [0.5, 0.6) is 0 Å². The Hall–Kier alpha value is -2.20. The van der Waals surface area contributed by atoms with E-state index in [-0.39, 0.29) is 6.61 Å². The Balaban J connectivity index is 2.61. The number of aliphatic hydroxyl groups excluding tert-OH is 1. The minimum Gasteiger partial charge on any atom is -0.396 e. The van der Waals surface area contributed by atoms with Gasteiger partial charge in [-0.3, -0.25) is 4.98 Å². The van der Waals surface area contributed by atoms with Crippen molar-refractivity contribution >= 4 is 11.4 Å². The van der Waals surface area contributed by atoms with Crippen LogP contribution in [0, 0.1) is 12.8 Å². The first-order chi connectivity index (χ1) is 13.4. The van der Waals surface area contributed by atoms with Gasteiger partial charge in [-0.25, -0.2) is 4.98 Å². The molecule has 0 aromatic carbocycles. The zero-order valence-corrected chi connectivity index (χ0v) is 18.4. The number of aliphatic hydroxyl groups is 1. The van der Waals surface area contributed by atoms with Crippen molar-refractivity contribution in [3.63, 3.8) is 0 Å². The molecule has 152 valence electrons. The number of anilines is 1. The van der Waals surface area contributed by atoms with Gasteiger partial charge in [0, 0.05) is 30.6 Å². The predicted molar refractivity (Wildman–Crippen MR) is 120 cm³/mol. The first-order valence-electron chi connectivity index (χ1n) is 10.3. The van der Waals surface area contributed by atoms with Gasteiger partial charge in [-0.05, 0) is 73.4 Å². The molecule has 0 saturated carbocycles. The summed E-state index contributed by atoms with van der Waals surface area (Å²) in [6, 6.07) is 6.52. The summed E-state index contributed by atoms with van der Waals surface area (Å²) in [5.74, 6) is 1.56. The Labute approximate surface area is 170 Å². The van der Waals surface area contributed by atoms with Gasteiger partial charge in [-0.1, -0.05) is 33.8 Å². The lowest BCUT2D eigenvalue weighted by molar-refractivity contribution is 0.276. The molecular weight excluding hydrogens is 346 g/mol. The predicted octanol–water partition coefficient (Wildman–Crippen LogP) is 5.60. The van der Waals surface area contributed by atoms with Crippen molar-refractivity contribution in [3.05, 3.63) is 46.8 Å². The average molecular weight is 382 g/mol. The van der Waals surface area contributed by atoms with Crippen LogP contribution in [0.2, 0.25) is 0 Å². The number of allylic oxidation sites excluding steroid dienone is 2. The summed E-state index contributed by atoms with van der Waals surface area (Å²) in [7, 11) is 1.91. The van der Waals surface area contributed by atoms with Gasteiger partial charge in [0.2, 0.25) is 0 Å². The van der Waals surface area contributed by atoms with Gasteiger partial charge in [0.05, 0.1) is 5.69 Å². The summed E-state index contributed by atoms with van der Waals surface area (Å²) in [5.41, 5.74) is 7.79. The number of aromatic nitrogens is 2. The molecule has 0 fully saturated rings. The lowest BCUT2D eigenvalue weighted by Crippen LogP contribution is -2.07. The van der Waals surface area contributed by atoms with Crippen LogP contribution in [-0.2, 0) is 6.42 Å². The minimum atomic E-state index is 0.198. The Morgan fingerprint density at radius 1 is 1.21 bits per heavy atom. The molecule has 0 amide bonds. The highest BCUT2D eigenvalue weighted by molar-refractivity contribution is 5.78. The maximum atomic E-state index is 9.35. The van der Waals surface area contributed by atoms with Gasteiger partial charge >= 0.3 is 0 Å². The fourth-order valence-corrected chi connectivity index (χ4v) is 3.67. The minimum absolute atomic E-state index is 0.198. The van der Waals surface area contributed by atoms with Crippen molar-refractivity contribution in [3.8, 4) is 11.3 Å². The largest absolute Gasteiger partial charge is 0.396 e. The molecule has 0 radical (unpaired) electrons. The van der Waals surface area contributed by atoms with Crippen LogP contribution in [0.25, 0.3) is 16.8 Å². The third-order valence-electron chi connectivity index (χ3n) is 5.39. The molecule has 0 saturated heterocycles. The fraction of sp³-hybridized carbons (Fsp3) is 0.500. The van der Waals surface area contributed by atoms with Crippen LogP contribution in [-0.4, -0.2) is 28.7 Å². The van der Waals surface area contributed by atoms with E-state index < -0.39 is 0 Å². The number of hydrogen-bond acceptors (Lipinski definition) is 4. The number of aryl methyl sites for hydroxylation is 2. The van der Waals surface area contributed by atoms with E-state index in [1.165, 1.54) is 16.7 Å². The van der Waals surface area contributed by atoms with E-state index in [0.29, 0.717) is 11.8 Å². The molecule has 0 bridgehead atoms. The van der Waals surface area contributed by atoms with Crippen molar-refractivity contribution in [1.82, 2.24) is 9.97 Å². The van der Waals surface area contributed by atoms with Gasteiger partial charge in [0.15, 0.2) is 0 Å². The average Bonchev–Trinajstić information content (AvgIpc) is 2.69. The SMILES string of the molecule is C/C=C(\c1cc(CC)c(-c2ccc(C(C)C)nc2NC)nc1C)[C@H](C)CCO. The second kappa shape index (κ2) is 9.83. The molecule has 2 N–H and O–H groups in total. The van der Waals surface area contributed by atoms with Crippen LogP contribution in [0.1, 0.15) is 69.5 Å². The van der Waals surface area contributed by atoms with Crippen molar-refractivity contribution in [2.45, 2.75) is 60.3 Å². The molecule has 0 aliphatic heterocycles. The van der Waals surface area contributed by atoms with E-state index in [2.05, 4.69) is 71.1 Å². The van der Waals surface area contributed by atoms with Crippen molar-refractivity contribution in [1.29, 1.82) is 0 Å². The van der Waals surface area contributed by atoms with E-state index in [0.717, 1.165) is 41.3 Å². The van der Waals surface area contributed by atoms with Crippen LogP contribution < -0.4 is 5.32 Å². The second-order valence-corrected chi connectivity index (χ2v) is 7.68. The summed E-state index contributed by atoms with van der Waals surface area (Å²) < 4.78 is 0. The number of hydrogen-bond donors (Lipinski definition) is 2. The molecule has 0 aliphatic rings. The summed E-state index contributed by atoms with van der Waals surface area (Å²) in [6.07, 6.45) is 3.81. The quantitative estimate of drug-likeness (QED) is 0.625. The van der Waals surface area contributed by atoms with Gasteiger partial charge in [-0.15, -0.1) is 0 Å². The normalized spacial score (nSPS) is 13.1. The molecule has 0 unspecified atom stereocenters.